The molecule has 2 heterocycles. The molecule has 8 heteroatoms. The number of hydrogen-bond acceptors (Lipinski definition) is 6. The van der Waals surface area contributed by atoms with Crippen LogP contribution in [-0.4, -0.2) is 29.0 Å². The van der Waals surface area contributed by atoms with Gasteiger partial charge in [0.2, 0.25) is 5.91 Å². The summed E-state index contributed by atoms with van der Waals surface area (Å²) in [5, 5.41) is 8.80. The van der Waals surface area contributed by atoms with Crippen LogP contribution in [0.3, 0.4) is 0 Å². The number of nitrogens with zero attached hydrogens (tertiary/aromatic N) is 2. The maximum Gasteiger partial charge on any atom is 0.255 e. The van der Waals surface area contributed by atoms with Gasteiger partial charge in [-0.2, -0.15) is 0 Å². The molecule has 2 N–H and O–H groups in total. The van der Waals surface area contributed by atoms with Crippen LogP contribution < -0.4 is 15.4 Å². The summed E-state index contributed by atoms with van der Waals surface area (Å²) in [6.45, 7) is 3.82. The molecule has 2 unspecified atom stereocenters. The van der Waals surface area contributed by atoms with Gasteiger partial charge in [0.25, 0.3) is 5.91 Å². The molecule has 2 aliphatic heterocycles. The van der Waals surface area contributed by atoms with E-state index in [9.17, 15) is 9.59 Å². The number of hydrogen-bond donors (Lipinski definition) is 2. The number of amidine groups is 1. The molecule has 0 saturated carbocycles. The second kappa shape index (κ2) is 11.6. The van der Waals surface area contributed by atoms with Crippen molar-refractivity contribution in [3.05, 3.63) is 118 Å². The van der Waals surface area contributed by atoms with Gasteiger partial charge in [0.05, 0.1) is 36.9 Å². The number of carbonyl (C=O) groups is 2. The number of nitrogens with one attached hydrogen (secondary N) is 2. The molecule has 2 amide bonds. The average Bonchev–Trinajstić information content (AvgIpc) is 3.34. The van der Waals surface area contributed by atoms with Crippen LogP contribution in [0.15, 0.2) is 112 Å². The lowest BCUT2D eigenvalue weighted by Gasteiger charge is -2.36. The molecule has 198 valence electrons. The Labute approximate surface area is 232 Å². The number of fused-ring (bicyclic) bond motifs is 1. The number of allylic oxidation sites excluding steroid dienone is 1. The highest BCUT2D eigenvalue weighted by Gasteiger charge is 2.40. The summed E-state index contributed by atoms with van der Waals surface area (Å²) in [4.78, 5) is 33.7. The minimum atomic E-state index is -0.489. The van der Waals surface area contributed by atoms with Crippen LogP contribution in [0.2, 0.25) is 0 Å². The molecule has 0 aliphatic carbocycles. The molecular formula is C31H30N4O3S. The molecule has 0 fully saturated rings. The first-order chi connectivity index (χ1) is 18.9. The zero-order chi connectivity index (χ0) is 27.4. The van der Waals surface area contributed by atoms with Crippen LogP contribution in [0.5, 0.6) is 5.75 Å². The number of aliphatic imine (C=N–C) groups is 1. The van der Waals surface area contributed by atoms with E-state index in [1.54, 1.807) is 7.11 Å². The van der Waals surface area contributed by atoms with Gasteiger partial charge in [0, 0.05) is 11.4 Å². The lowest BCUT2D eigenvalue weighted by molar-refractivity contribution is -0.121. The number of methoxy groups -OCH3 is 1. The number of benzene rings is 3. The molecule has 7 nitrogen and oxygen atoms in total. The van der Waals surface area contributed by atoms with Gasteiger partial charge in [-0.25, -0.2) is 4.99 Å². The van der Waals surface area contributed by atoms with Crippen LogP contribution in [0, 0.1) is 0 Å². The van der Waals surface area contributed by atoms with Crippen molar-refractivity contribution in [1.82, 2.24) is 10.2 Å². The van der Waals surface area contributed by atoms with Crippen LogP contribution in [-0.2, 0) is 9.59 Å². The van der Waals surface area contributed by atoms with E-state index in [4.69, 9.17) is 9.73 Å². The first-order valence-electron chi connectivity index (χ1n) is 12.7. The Kier molecular flexibility index (Phi) is 7.84. The first-order valence-corrected chi connectivity index (χ1v) is 13.6. The summed E-state index contributed by atoms with van der Waals surface area (Å²) in [5.74, 6) is 0.335. The molecule has 0 radical (unpaired) electrons. The highest BCUT2D eigenvalue weighted by Crippen LogP contribution is 2.45. The molecular weight excluding hydrogens is 508 g/mol. The number of ether oxygens (including phenoxy) is 1. The highest BCUT2D eigenvalue weighted by molar-refractivity contribution is 8.16. The smallest absolute Gasteiger partial charge is 0.255 e. The Morgan fingerprint density at radius 1 is 1.03 bits per heavy atom. The molecule has 2 atom stereocenters. The summed E-state index contributed by atoms with van der Waals surface area (Å²) in [7, 11) is 1.62. The van der Waals surface area contributed by atoms with E-state index in [0.717, 1.165) is 22.0 Å². The minimum Gasteiger partial charge on any atom is -0.497 e. The van der Waals surface area contributed by atoms with Crippen molar-refractivity contribution >= 4 is 34.4 Å². The number of carbonyl (C=O) groups excluding carboxylic acids is 2. The Morgan fingerprint density at radius 3 is 2.46 bits per heavy atom. The number of para-hydroxylation sites is 1. The summed E-state index contributed by atoms with van der Waals surface area (Å²) in [6.07, 6.45) is 0.149. The van der Waals surface area contributed by atoms with Crippen LogP contribution in [0.1, 0.15) is 43.5 Å². The van der Waals surface area contributed by atoms with Crippen molar-refractivity contribution in [2.24, 2.45) is 4.99 Å². The summed E-state index contributed by atoms with van der Waals surface area (Å²) < 4.78 is 5.50. The molecule has 2 aliphatic rings. The normalized spacial score (nSPS) is 17.1. The van der Waals surface area contributed by atoms with E-state index in [1.165, 1.54) is 11.8 Å². The largest absolute Gasteiger partial charge is 0.497 e. The number of anilines is 1. The van der Waals surface area contributed by atoms with Crippen LogP contribution in [0.4, 0.5) is 5.69 Å². The fourth-order valence-corrected chi connectivity index (χ4v) is 5.75. The lowest BCUT2D eigenvalue weighted by Crippen LogP contribution is -2.39. The Balaban J connectivity index is 1.46. The molecule has 5 rings (SSSR count). The third-order valence-corrected chi connectivity index (χ3v) is 7.59. The molecule has 0 saturated heterocycles. The lowest BCUT2D eigenvalue weighted by atomic mass is 9.93. The zero-order valence-corrected chi connectivity index (χ0v) is 22.9. The maximum atomic E-state index is 13.7. The van der Waals surface area contributed by atoms with Crippen LogP contribution >= 0.6 is 11.8 Å². The van der Waals surface area contributed by atoms with Crippen molar-refractivity contribution in [2.45, 2.75) is 32.4 Å². The van der Waals surface area contributed by atoms with Crippen molar-refractivity contribution in [3.8, 4) is 5.75 Å². The Morgan fingerprint density at radius 2 is 1.74 bits per heavy atom. The average molecular weight is 539 g/mol. The topological polar surface area (TPSA) is 83.0 Å². The third kappa shape index (κ3) is 5.76. The standard InChI is InChI=1S/C31H30N4O3S/c1-20(22-11-6-4-7-12-22)32-27(36)18-25-19-39-31-33-21(2)28(30(37)34-24-14-8-5-9-15-24)29(35(25)31)23-13-10-16-26(17-23)38-3/h4-17,19-20,29H,18H2,1-3H3,(H,32,36)(H,34,37). The summed E-state index contributed by atoms with van der Waals surface area (Å²) in [5.41, 5.74) is 4.53. The van der Waals surface area contributed by atoms with Crippen molar-refractivity contribution in [3.63, 3.8) is 0 Å². The van der Waals surface area contributed by atoms with Gasteiger partial charge in [-0.3, -0.25) is 9.59 Å². The molecule has 0 spiro atoms. The number of amides is 2. The van der Waals surface area contributed by atoms with Crippen molar-refractivity contribution in [1.29, 1.82) is 0 Å². The third-order valence-electron chi connectivity index (χ3n) is 6.71. The molecule has 3 aromatic rings. The second-order valence-corrected chi connectivity index (χ2v) is 10.2. The fourth-order valence-electron chi connectivity index (χ4n) is 4.79. The van der Waals surface area contributed by atoms with E-state index in [1.807, 2.05) is 109 Å². The zero-order valence-electron chi connectivity index (χ0n) is 22.0. The molecule has 0 aromatic heterocycles. The SMILES string of the molecule is COc1cccc(C2C(C(=O)Nc3ccccc3)=C(C)N=C3SC=C(CC(=O)NC(C)c4ccccc4)N32)c1. The molecule has 39 heavy (non-hydrogen) atoms. The van der Waals surface area contributed by atoms with Gasteiger partial charge in [-0.15, -0.1) is 0 Å². The summed E-state index contributed by atoms with van der Waals surface area (Å²) >= 11 is 1.46. The van der Waals surface area contributed by atoms with Gasteiger partial charge in [0.1, 0.15) is 5.75 Å². The first kappa shape index (κ1) is 26.3. The predicted molar refractivity (Wildman–Crippen MR) is 156 cm³/mol. The quantitative estimate of drug-likeness (QED) is 0.358. The van der Waals surface area contributed by atoms with E-state index in [2.05, 4.69) is 10.6 Å². The van der Waals surface area contributed by atoms with E-state index < -0.39 is 6.04 Å². The Hall–Kier alpha value is -4.30. The Bertz CT molecular complexity index is 1470. The maximum absolute atomic E-state index is 13.7. The monoisotopic (exact) mass is 538 g/mol. The van der Waals surface area contributed by atoms with Gasteiger partial charge >= 0.3 is 0 Å². The van der Waals surface area contributed by atoms with Gasteiger partial charge in [0.15, 0.2) is 5.17 Å². The highest BCUT2D eigenvalue weighted by atomic mass is 32.2. The number of rotatable bonds is 8. The molecule has 0 bridgehead atoms. The van der Waals surface area contributed by atoms with Crippen molar-refractivity contribution in [2.75, 3.05) is 12.4 Å². The summed E-state index contributed by atoms with van der Waals surface area (Å²) in [6, 6.07) is 26.3. The van der Waals surface area contributed by atoms with E-state index in [-0.39, 0.29) is 24.3 Å². The number of thioether (sulfide) groups is 1. The van der Waals surface area contributed by atoms with Gasteiger partial charge in [-0.05, 0) is 54.6 Å². The molecule has 3 aromatic carbocycles. The van der Waals surface area contributed by atoms with Crippen LogP contribution in [0.25, 0.3) is 0 Å². The minimum absolute atomic E-state index is 0.106. The fraction of sp³-hybridized carbons (Fsp3) is 0.194. The van der Waals surface area contributed by atoms with Crippen molar-refractivity contribution < 1.29 is 14.3 Å². The van der Waals surface area contributed by atoms with E-state index >= 15 is 0 Å². The van der Waals surface area contributed by atoms with Gasteiger partial charge in [-0.1, -0.05) is 72.4 Å². The second-order valence-electron chi connectivity index (χ2n) is 9.37. The van der Waals surface area contributed by atoms with E-state index in [0.29, 0.717) is 22.7 Å². The predicted octanol–water partition coefficient (Wildman–Crippen LogP) is 6.18. The van der Waals surface area contributed by atoms with Gasteiger partial charge < -0.3 is 20.3 Å².